The lowest BCUT2D eigenvalue weighted by Crippen LogP contribution is -2.99. The summed E-state index contributed by atoms with van der Waals surface area (Å²) in [6.45, 7) is 0. The molecule has 9 nitrogen and oxygen atoms in total. The molecule has 0 bridgehead atoms. The number of benzene rings is 1. The van der Waals surface area contributed by atoms with E-state index in [0.29, 0.717) is 12.8 Å². The van der Waals surface area contributed by atoms with E-state index >= 15 is 0 Å². The predicted molar refractivity (Wildman–Crippen MR) is 75.7 cm³/mol. The van der Waals surface area contributed by atoms with E-state index < -0.39 is 27.5 Å². The van der Waals surface area contributed by atoms with Crippen molar-refractivity contribution in [3.05, 3.63) is 39.9 Å². The summed E-state index contributed by atoms with van der Waals surface area (Å²) in [5.74, 6) is 0. The van der Waals surface area contributed by atoms with Gasteiger partial charge in [0.1, 0.15) is 0 Å². The Morgan fingerprint density at radius 3 is 2.55 bits per heavy atom. The van der Waals surface area contributed by atoms with Crippen LogP contribution in [0.15, 0.2) is 34.3 Å². The van der Waals surface area contributed by atoms with E-state index in [1.54, 1.807) is 0 Å². The third kappa shape index (κ3) is 3.95. The molecule has 0 radical (unpaired) electrons. The third-order valence-electron chi connectivity index (χ3n) is 3.51. The molecule has 1 aliphatic rings. The minimum Gasteiger partial charge on any atom is -0.595 e. The van der Waals surface area contributed by atoms with Crippen LogP contribution in [0.4, 0.5) is 5.69 Å². The predicted octanol–water partition coefficient (Wildman–Crippen LogP) is 1.42. The van der Waals surface area contributed by atoms with Gasteiger partial charge in [-0.25, -0.2) is 5.21 Å². The highest BCUT2D eigenvalue weighted by molar-refractivity contribution is 7.86. The summed E-state index contributed by atoms with van der Waals surface area (Å²) in [4.78, 5) is 2.61. The molecule has 0 aliphatic heterocycles. The highest BCUT2D eigenvalue weighted by Crippen LogP contribution is 2.27. The quantitative estimate of drug-likeness (QED) is 0.276. The first-order valence-corrected chi connectivity index (χ1v) is 8.16. The summed E-state index contributed by atoms with van der Waals surface area (Å²) in [6, 6.07) is 4.26. The van der Waals surface area contributed by atoms with Gasteiger partial charge in [0.15, 0.2) is 5.69 Å². The van der Waals surface area contributed by atoms with Gasteiger partial charge in [-0.2, -0.15) is 13.6 Å². The summed E-state index contributed by atoms with van der Waals surface area (Å²) >= 11 is 0. The Kier molecular flexibility index (Phi) is 5.35. The van der Waals surface area contributed by atoms with Crippen molar-refractivity contribution in [1.82, 2.24) is 0 Å². The topological polar surface area (TPSA) is 140 Å². The molecule has 22 heavy (non-hydrogen) atoms. The highest BCUT2D eigenvalue weighted by Gasteiger charge is 2.30. The number of hydrogen-bond donors (Lipinski definition) is 2. The van der Waals surface area contributed by atoms with Crippen LogP contribution < -0.4 is 5.23 Å². The molecule has 1 saturated carbocycles. The maximum atomic E-state index is 12.2. The zero-order valence-corrected chi connectivity index (χ0v) is 12.4. The second-order valence-corrected chi connectivity index (χ2v) is 6.55. The van der Waals surface area contributed by atoms with Gasteiger partial charge in [-0.05, 0) is 30.5 Å². The first-order valence-electron chi connectivity index (χ1n) is 6.75. The Morgan fingerprint density at radius 2 is 1.95 bits per heavy atom. The Bertz CT molecular complexity index is 655. The Hall–Kier alpha value is -1.68. The number of hydrogen-bond acceptors (Lipinski definition) is 6. The number of azide groups is 1. The van der Waals surface area contributed by atoms with E-state index in [-0.39, 0.29) is 10.6 Å². The van der Waals surface area contributed by atoms with Crippen molar-refractivity contribution in [2.24, 2.45) is 5.11 Å². The van der Waals surface area contributed by atoms with Crippen LogP contribution in [0.25, 0.3) is 10.4 Å². The van der Waals surface area contributed by atoms with Crippen molar-refractivity contribution in [2.75, 3.05) is 0 Å². The molecular weight excluding hydrogens is 312 g/mol. The molecule has 0 aromatic heterocycles. The van der Waals surface area contributed by atoms with E-state index in [9.17, 15) is 13.6 Å². The van der Waals surface area contributed by atoms with Crippen LogP contribution in [0.2, 0.25) is 0 Å². The van der Waals surface area contributed by atoms with Crippen LogP contribution in [-0.4, -0.2) is 25.8 Å². The summed E-state index contributed by atoms with van der Waals surface area (Å²) in [6.07, 6.45) is 2.05. The van der Waals surface area contributed by atoms with Crippen molar-refractivity contribution in [1.29, 1.82) is 0 Å². The lowest BCUT2D eigenvalue weighted by atomic mass is 9.93. The average molecular weight is 328 g/mol. The molecule has 1 fully saturated rings. The molecule has 0 amide bonds. The van der Waals surface area contributed by atoms with E-state index in [0.717, 1.165) is 12.8 Å². The maximum absolute atomic E-state index is 12.2. The van der Waals surface area contributed by atoms with Crippen LogP contribution in [0.3, 0.4) is 0 Å². The summed E-state index contributed by atoms with van der Waals surface area (Å²) in [5, 5.41) is 22.0. The van der Waals surface area contributed by atoms with Crippen molar-refractivity contribution in [2.45, 2.75) is 42.7 Å². The normalized spacial score (nSPS) is 23.5. The molecule has 2 rings (SSSR count). The van der Waals surface area contributed by atoms with Crippen LogP contribution in [0, 0.1) is 5.21 Å². The average Bonchev–Trinajstić information content (AvgIpc) is 2.49. The van der Waals surface area contributed by atoms with Gasteiger partial charge < -0.3 is 5.21 Å². The summed E-state index contributed by atoms with van der Waals surface area (Å²) in [5.41, 5.74) is 8.52. The molecule has 0 heterocycles. The molecule has 1 unspecified atom stereocenters. The monoisotopic (exact) mass is 328 g/mol. The fraction of sp³-hybridized carbons (Fsp3) is 0.500. The maximum Gasteiger partial charge on any atom is 0.297 e. The SMILES string of the molecule is [N-]=[N+]=N[C@@H]1CCCC[C@H]1OS(=O)(=O)c1ccc([NH+]([O-])O)cc1. The fourth-order valence-corrected chi connectivity index (χ4v) is 3.50. The van der Waals surface area contributed by atoms with Crippen LogP contribution in [0.1, 0.15) is 25.7 Å². The number of rotatable bonds is 5. The van der Waals surface area contributed by atoms with Gasteiger partial charge in [-0.3, -0.25) is 4.18 Å². The zero-order valence-electron chi connectivity index (χ0n) is 11.6. The van der Waals surface area contributed by atoms with E-state index in [4.69, 9.17) is 14.9 Å². The molecule has 0 saturated heterocycles. The van der Waals surface area contributed by atoms with Gasteiger partial charge in [0, 0.05) is 17.0 Å². The molecule has 1 aromatic rings. The molecule has 1 aromatic carbocycles. The lowest BCUT2D eigenvalue weighted by molar-refractivity contribution is -0.991. The van der Waals surface area contributed by atoms with Crippen LogP contribution in [-0.2, 0) is 14.3 Å². The Balaban J connectivity index is 2.17. The van der Waals surface area contributed by atoms with E-state index in [2.05, 4.69) is 10.0 Å². The zero-order chi connectivity index (χ0) is 16.2. The minimum absolute atomic E-state index is 0.0106. The van der Waals surface area contributed by atoms with Gasteiger partial charge in [-0.15, -0.1) is 0 Å². The summed E-state index contributed by atoms with van der Waals surface area (Å²) in [7, 11) is -4.03. The molecular formula is C12H16N4O5S. The molecule has 120 valence electrons. The van der Waals surface area contributed by atoms with Gasteiger partial charge in [0.05, 0.1) is 17.0 Å². The minimum atomic E-state index is -4.03. The van der Waals surface area contributed by atoms with E-state index in [1.165, 1.54) is 24.3 Å². The molecule has 1 aliphatic carbocycles. The second-order valence-electron chi connectivity index (χ2n) is 4.98. The first kappa shape index (κ1) is 16.7. The number of nitrogens with one attached hydrogen (secondary N) is 1. The Morgan fingerprint density at radius 1 is 1.32 bits per heavy atom. The number of nitrogens with zero attached hydrogens (tertiary/aromatic N) is 3. The molecule has 2 N–H and O–H groups in total. The second kappa shape index (κ2) is 7.05. The highest BCUT2D eigenvalue weighted by atomic mass is 32.2. The smallest absolute Gasteiger partial charge is 0.297 e. The molecule has 0 spiro atoms. The van der Waals surface area contributed by atoms with Gasteiger partial charge in [-0.1, -0.05) is 18.0 Å². The molecule has 10 heteroatoms. The van der Waals surface area contributed by atoms with E-state index in [1.807, 2.05) is 0 Å². The largest absolute Gasteiger partial charge is 0.595 e. The van der Waals surface area contributed by atoms with Crippen LogP contribution in [0.5, 0.6) is 0 Å². The summed E-state index contributed by atoms with van der Waals surface area (Å²) < 4.78 is 29.6. The molecule has 3 atom stereocenters. The van der Waals surface area contributed by atoms with Gasteiger partial charge in [0.2, 0.25) is 0 Å². The Labute approximate surface area is 127 Å². The van der Waals surface area contributed by atoms with Crippen molar-refractivity contribution < 1.29 is 23.0 Å². The van der Waals surface area contributed by atoms with Gasteiger partial charge >= 0.3 is 0 Å². The number of quaternary nitrogens is 1. The van der Waals surface area contributed by atoms with Crippen LogP contribution >= 0.6 is 0 Å². The van der Waals surface area contributed by atoms with Crippen molar-refractivity contribution in [3.63, 3.8) is 0 Å². The van der Waals surface area contributed by atoms with Gasteiger partial charge in [0.25, 0.3) is 10.1 Å². The van der Waals surface area contributed by atoms with Crippen molar-refractivity contribution in [3.8, 4) is 0 Å². The fourth-order valence-electron chi connectivity index (χ4n) is 2.37. The standard InChI is InChI=1S/C12H16N4O5S/c13-15-14-11-3-1-2-4-12(11)21-22(19,20)10-7-5-9(6-8-10)16(17)18/h5-8,11-12,16-17H,1-4H2/t11-,12-/m1/s1. The van der Waals surface area contributed by atoms with Crippen molar-refractivity contribution >= 4 is 15.8 Å². The first-order chi connectivity index (χ1) is 10.4. The lowest BCUT2D eigenvalue weighted by Gasteiger charge is -2.27. The third-order valence-corrected chi connectivity index (χ3v) is 4.86.